The molecule has 0 aromatic heterocycles. The number of ketones is 1. The van der Waals surface area contributed by atoms with Crippen molar-refractivity contribution in [3.63, 3.8) is 0 Å². The molecule has 0 spiro atoms. The summed E-state index contributed by atoms with van der Waals surface area (Å²) in [6.07, 6.45) is 11.5. The minimum atomic E-state index is -0.410. The van der Waals surface area contributed by atoms with E-state index in [1.54, 1.807) is 0 Å². The lowest BCUT2D eigenvalue weighted by molar-refractivity contribution is -0.222. The summed E-state index contributed by atoms with van der Waals surface area (Å²) >= 11 is 3.91. The highest BCUT2D eigenvalue weighted by molar-refractivity contribution is 8.17. The number of hydrogen-bond acceptors (Lipinski definition) is 4. The number of aliphatic hydroxyl groups is 1. The minimum absolute atomic E-state index is 0.202. The topological polar surface area (TPSA) is 37.3 Å². The molecule has 39 heavy (non-hydrogen) atoms. The van der Waals surface area contributed by atoms with Crippen LogP contribution in [-0.4, -0.2) is 33.1 Å². The van der Waals surface area contributed by atoms with E-state index < -0.39 is 6.10 Å². The SMILES string of the molecule is CC(C)C1=C2[C@H]3CC[C@@H]4[C@@]5(C)CC[C@H](C)C(C)(C)[C@@H]5CC[C@@]4(C)[C@]3(C)CC[C@@]2(C(O)C2SCCCS2)CC1=O. The van der Waals surface area contributed by atoms with E-state index in [0.29, 0.717) is 34.4 Å². The van der Waals surface area contributed by atoms with Crippen LogP contribution >= 0.6 is 23.5 Å². The molecule has 5 aliphatic carbocycles. The van der Waals surface area contributed by atoms with Gasteiger partial charge in [-0.15, -0.1) is 23.5 Å². The van der Waals surface area contributed by atoms with Gasteiger partial charge in [0.25, 0.3) is 0 Å². The maximum Gasteiger partial charge on any atom is 0.160 e. The Morgan fingerprint density at radius 3 is 2.21 bits per heavy atom. The Kier molecular flexibility index (Phi) is 7.13. The molecular weight excluding hydrogens is 517 g/mol. The summed E-state index contributed by atoms with van der Waals surface area (Å²) < 4.78 is 0.213. The van der Waals surface area contributed by atoms with E-state index >= 15 is 0 Å². The van der Waals surface area contributed by atoms with Crippen LogP contribution in [0.1, 0.15) is 120 Å². The van der Waals surface area contributed by atoms with Crippen molar-refractivity contribution in [3.05, 3.63) is 11.1 Å². The maximum atomic E-state index is 13.9. The van der Waals surface area contributed by atoms with Gasteiger partial charge in [0.15, 0.2) is 5.78 Å². The van der Waals surface area contributed by atoms with Gasteiger partial charge in [0.05, 0.1) is 10.7 Å². The third-order valence-electron chi connectivity index (χ3n) is 14.7. The molecule has 1 saturated heterocycles. The highest BCUT2D eigenvalue weighted by atomic mass is 32.2. The number of aliphatic hydroxyl groups excluding tert-OH is 1. The zero-order valence-corrected chi connectivity index (χ0v) is 27.8. The largest absolute Gasteiger partial charge is 0.390 e. The molecule has 4 heteroatoms. The fourth-order valence-electron chi connectivity index (χ4n) is 12.2. The minimum Gasteiger partial charge on any atom is -0.390 e. The molecule has 1 heterocycles. The first-order chi connectivity index (χ1) is 18.2. The quantitative estimate of drug-likeness (QED) is 0.366. The van der Waals surface area contributed by atoms with Gasteiger partial charge in [0.2, 0.25) is 0 Å². The molecule has 0 aromatic carbocycles. The fraction of sp³-hybridized carbons (Fsp3) is 0.914. The first-order valence-corrected chi connectivity index (χ1v) is 18.5. The third-order valence-corrected chi connectivity index (χ3v) is 17.7. The Bertz CT molecular complexity index is 1040. The Hall–Kier alpha value is 0.0700. The number of rotatable bonds is 3. The van der Waals surface area contributed by atoms with E-state index in [4.69, 9.17) is 0 Å². The van der Waals surface area contributed by atoms with Crippen molar-refractivity contribution >= 4 is 29.3 Å². The lowest BCUT2D eigenvalue weighted by Gasteiger charge is -2.72. The van der Waals surface area contributed by atoms with Crippen LogP contribution in [0.2, 0.25) is 0 Å². The predicted octanol–water partition coefficient (Wildman–Crippen LogP) is 9.16. The van der Waals surface area contributed by atoms with Crippen molar-refractivity contribution in [3.8, 4) is 0 Å². The average molecular weight is 573 g/mol. The first kappa shape index (κ1) is 29.2. The van der Waals surface area contributed by atoms with E-state index in [-0.39, 0.29) is 21.3 Å². The molecule has 6 aliphatic rings. The highest BCUT2D eigenvalue weighted by Gasteiger charge is 2.70. The molecule has 1 unspecified atom stereocenters. The molecule has 220 valence electrons. The number of hydrogen-bond donors (Lipinski definition) is 1. The predicted molar refractivity (Wildman–Crippen MR) is 168 cm³/mol. The van der Waals surface area contributed by atoms with E-state index in [2.05, 4.69) is 55.4 Å². The first-order valence-electron chi connectivity index (χ1n) is 16.4. The van der Waals surface area contributed by atoms with Crippen LogP contribution in [0, 0.1) is 56.7 Å². The molecule has 4 saturated carbocycles. The fourth-order valence-corrected chi connectivity index (χ4v) is 15.3. The number of carbonyl (C=O) groups excluding carboxylic acids is 1. The summed E-state index contributed by atoms with van der Waals surface area (Å²) in [6, 6.07) is 0. The summed E-state index contributed by atoms with van der Waals surface area (Å²) in [5.41, 5.74) is 3.59. The second kappa shape index (κ2) is 9.54. The van der Waals surface area contributed by atoms with Gasteiger partial charge < -0.3 is 5.11 Å². The average Bonchev–Trinajstić information content (AvgIpc) is 3.20. The lowest BCUT2D eigenvalue weighted by atomic mass is 9.32. The summed E-state index contributed by atoms with van der Waals surface area (Å²) in [4.78, 5) is 13.9. The van der Waals surface area contributed by atoms with Crippen LogP contribution in [0.3, 0.4) is 0 Å². The molecule has 6 rings (SSSR count). The molecule has 5 fully saturated rings. The van der Waals surface area contributed by atoms with Gasteiger partial charge in [0, 0.05) is 11.8 Å². The van der Waals surface area contributed by atoms with E-state index in [9.17, 15) is 9.90 Å². The van der Waals surface area contributed by atoms with Gasteiger partial charge in [-0.2, -0.15) is 0 Å². The molecule has 0 bridgehead atoms. The van der Waals surface area contributed by atoms with E-state index in [1.807, 2.05) is 23.5 Å². The van der Waals surface area contributed by atoms with Crippen LogP contribution in [0.25, 0.3) is 0 Å². The van der Waals surface area contributed by atoms with Crippen LogP contribution in [0.5, 0.6) is 0 Å². The van der Waals surface area contributed by atoms with Gasteiger partial charge in [-0.3, -0.25) is 4.79 Å². The smallest absolute Gasteiger partial charge is 0.160 e. The Labute approximate surface area is 248 Å². The molecule has 2 nitrogen and oxygen atoms in total. The van der Waals surface area contributed by atoms with Crippen LogP contribution in [-0.2, 0) is 4.79 Å². The second-order valence-electron chi connectivity index (χ2n) is 16.5. The number of carbonyl (C=O) groups is 1. The summed E-state index contributed by atoms with van der Waals surface area (Å²) in [5.74, 6) is 5.72. The summed E-state index contributed by atoms with van der Waals surface area (Å²) in [7, 11) is 0. The lowest BCUT2D eigenvalue weighted by Crippen LogP contribution is -2.65. The standard InChI is InChI=1S/C35H56O2S2/c1-21(2)27-24(36)20-35(29(37)30-38-18-9-19-39-30)17-16-33(7)23(28(27)35)10-11-26-32(6)14-12-22(3)31(4,5)25(32)13-15-34(26,33)8/h21-23,25-26,29-30,37H,9-20H2,1-8H3/t22-,23+,25-,26+,29?,32-,33+,34+,35+/m0/s1. The highest BCUT2D eigenvalue weighted by Crippen LogP contribution is 2.77. The normalized spacial score (nSPS) is 48.8. The Morgan fingerprint density at radius 1 is 0.846 bits per heavy atom. The molecule has 9 atom stereocenters. The summed E-state index contributed by atoms with van der Waals surface area (Å²) in [5, 5.41) is 12.2. The molecule has 1 N–H and O–H groups in total. The maximum absolute atomic E-state index is 13.9. The van der Waals surface area contributed by atoms with Crippen molar-refractivity contribution in [2.45, 2.75) is 130 Å². The van der Waals surface area contributed by atoms with Crippen molar-refractivity contribution in [2.75, 3.05) is 11.5 Å². The van der Waals surface area contributed by atoms with E-state index in [0.717, 1.165) is 41.3 Å². The van der Waals surface area contributed by atoms with Crippen molar-refractivity contribution in [1.29, 1.82) is 0 Å². The van der Waals surface area contributed by atoms with Crippen molar-refractivity contribution < 1.29 is 9.90 Å². The van der Waals surface area contributed by atoms with Crippen molar-refractivity contribution in [1.82, 2.24) is 0 Å². The van der Waals surface area contributed by atoms with E-state index in [1.165, 1.54) is 56.9 Å². The number of allylic oxidation sites excluding steroid dienone is 1. The zero-order valence-electron chi connectivity index (χ0n) is 26.2. The monoisotopic (exact) mass is 572 g/mol. The molecule has 0 amide bonds. The van der Waals surface area contributed by atoms with Crippen LogP contribution in [0.15, 0.2) is 11.1 Å². The van der Waals surface area contributed by atoms with Gasteiger partial charge in [-0.25, -0.2) is 0 Å². The van der Waals surface area contributed by atoms with Gasteiger partial charge in [-0.1, -0.05) is 61.0 Å². The molecule has 0 radical (unpaired) electrons. The molecular formula is C35H56O2S2. The number of thioether (sulfide) groups is 2. The summed E-state index contributed by atoms with van der Waals surface area (Å²) in [6.45, 7) is 20.2. The van der Waals surface area contributed by atoms with Gasteiger partial charge >= 0.3 is 0 Å². The Morgan fingerprint density at radius 2 is 1.54 bits per heavy atom. The van der Waals surface area contributed by atoms with Crippen LogP contribution < -0.4 is 0 Å². The van der Waals surface area contributed by atoms with Gasteiger partial charge in [-0.05, 0) is 126 Å². The number of fused-ring (bicyclic) bond motifs is 7. The molecule has 1 aliphatic heterocycles. The number of Topliss-reactive ketones (excluding diaryl/α,β-unsaturated/α-hetero) is 1. The molecule has 0 aromatic rings. The van der Waals surface area contributed by atoms with Crippen molar-refractivity contribution in [2.24, 2.45) is 56.7 Å². The zero-order chi connectivity index (χ0) is 28.2. The third kappa shape index (κ3) is 3.81. The van der Waals surface area contributed by atoms with Crippen LogP contribution in [0.4, 0.5) is 0 Å². The van der Waals surface area contributed by atoms with Gasteiger partial charge in [0.1, 0.15) is 0 Å². The second-order valence-corrected chi connectivity index (χ2v) is 19.3. The Balaban J connectivity index is 1.43.